The molecule has 112 valence electrons. The maximum Gasteiger partial charge on any atom is 0.231 e. The summed E-state index contributed by atoms with van der Waals surface area (Å²) in [5.41, 5.74) is 2.44. The van der Waals surface area contributed by atoms with Gasteiger partial charge in [0.15, 0.2) is 11.5 Å². The molecule has 3 aliphatic heterocycles. The van der Waals surface area contributed by atoms with Gasteiger partial charge in [0.05, 0.1) is 0 Å². The molecule has 1 saturated heterocycles. The first-order valence-corrected chi connectivity index (χ1v) is 7.47. The van der Waals surface area contributed by atoms with Gasteiger partial charge in [0.25, 0.3) is 0 Å². The fourth-order valence-electron chi connectivity index (χ4n) is 4.22. The van der Waals surface area contributed by atoms with Gasteiger partial charge in [0, 0.05) is 37.6 Å². The molecular weight excluding hydrogens is 270 g/mol. The molecule has 4 rings (SSSR count). The van der Waals surface area contributed by atoms with Crippen molar-refractivity contribution >= 4 is 5.78 Å². The number of benzene rings is 1. The second kappa shape index (κ2) is 4.71. The second-order valence-corrected chi connectivity index (χ2v) is 6.16. The molecule has 1 N–H and O–H groups in total. The van der Waals surface area contributed by atoms with Gasteiger partial charge in [-0.1, -0.05) is 0 Å². The summed E-state index contributed by atoms with van der Waals surface area (Å²) in [5, 5.41) is 9.32. The van der Waals surface area contributed by atoms with E-state index in [0.717, 1.165) is 24.6 Å². The second-order valence-electron chi connectivity index (χ2n) is 6.16. The van der Waals surface area contributed by atoms with Crippen molar-refractivity contribution in [2.45, 2.75) is 31.8 Å². The molecule has 5 nitrogen and oxygen atoms in total. The van der Waals surface area contributed by atoms with Gasteiger partial charge in [0.2, 0.25) is 6.79 Å². The van der Waals surface area contributed by atoms with Gasteiger partial charge in [-0.2, -0.15) is 0 Å². The third-order valence-corrected chi connectivity index (χ3v) is 5.05. The number of aliphatic hydroxyl groups is 1. The fraction of sp³-hybridized carbons (Fsp3) is 0.562. The lowest BCUT2D eigenvalue weighted by molar-refractivity contribution is -0.121. The largest absolute Gasteiger partial charge is 0.454 e. The normalized spacial score (nSPS) is 32.1. The van der Waals surface area contributed by atoms with Crippen molar-refractivity contribution in [3.05, 3.63) is 23.3 Å². The standard InChI is InChI=1S/C16H19NO4/c1-9(19)16-12-7-17(13(16)2-3-18)6-10-4-14-15(5-11(10)12)21-8-20-14/h4-5,12-13,16,18H,2-3,6-8H2,1H3/t12-,13-,16+/m0/s1. The van der Waals surface area contributed by atoms with Crippen LogP contribution in [0.2, 0.25) is 0 Å². The summed E-state index contributed by atoms with van der Waals surface area (Å²) in [7, 11) is 0. The van der Waals surface area contributed by atoms with E-state index in [-0.39, 0.29) is 37.1 Å². The summed E-state index contributed by atoms with van der Waals surface area (Å²) in [6.07, 6.45) is 0.654. The zero-order chi connectivity index (χ0) is 14.6. The van der Waals surface area contributed by atoms with Gasteiger partial charge in [-0.3, -0.25) is 9.69 Å². The van der Waals surface area contributed by atoms with E-state index < -0.39 is 0 Å². The molecule has 1 aromatic carbocycles. The maximum atomic E-state index is 12.2. The lowest BCUT2D eigenvalue weighted by atomic mass is 9.80. The zero-order valence-corrected chi connectivity index (χ0v) is 12.0. The van der Waals surface area contributed by atoms with Crippen molar-refractivity contribution < 1.29 is 19.4 Å². The summed E-state index contributed by atoms with van der Waals surface area (Å²) >= 11 is 0. The van der Waals surface area contributed by atoms with Crippen molar-refractivity contribution in [1.29, 1.82) is 0 Å². The molecule has 1 unspecified atom stereocenters. The van der Waals surface area contributed by atoms with Gasteiger partial charge in [0.1, 0.15) is 5.78 Å². The van der Waals surface area contributed by atoms with Crippen LogP contribution in [0.4, 0.5) is 0 Å². The number of nitrogens with zero attached hydrogens (tertiary/aromatic N) is 1. The number of fused-ring (bicyclic) bond motifs is 5. The van der Waals surface area contributed by atoms with E-state index >= 15 is 0 Å². The summed E-state index contributed by atoms with van der Waals surface area (Å²) in [4.78, 5) is 14.5. The van der Waals surface area contributed by atoms with E-state index in [1.54, 1.807) is 6.92 Å². The minimum atomic E-state index is -0.0289. The van der Waals surface area contributed by atoms with Crippen molar-refractivity contribution in [2.24, 2.45) is 5.92 Å². The van der Waals surface area contributed by atoms with Gasteiger partial charge in [-0.25, -0.2) is 0 Å². The van der Waals surface area contributed by atoms with Crippen LogP contribution >= 0.6 is 0 Å². The molecule has 1 aromatic rings. The lowest BCUT2D eigenvalue weighted by Gasteiger charge is -2.28. The van der Waals surface area contributed by atoms with E-state index in [2.05, 4.69) is 17.0 Å². The molecular formula is C16H19NO4. The summed E-state index contributed by atoms with van der Waals surface area (Å²) in [6, 6.07) is 4.24. The van der Waals surface area contributed by atoms with Crippen LogP contribution in [-0.2, 0) is 11.3 Å². The first kappa shape index (κ1) is 13.1. The highest BCUT2D eigenvalue weighted by molar-refractivity contribution is 5.81. The van der Waals surface area contributed by atoms with Crippen LogP contribution in [0, 0.1) is 5.92 Å². The number of carbonyl (C=O) groups excluding carboxylic acids is 1. The Morgan fingerprint density at radius 1 is 1.38 bits per heavy atom. The molecule has 1 fully saturated rings. The zero-order valence-electron chi connectivity index (χ0n) is 12.0. The van der Waals surface area contributed by atoms with Crippen LogP contribution < -0.4 is 9.47 Å². The molecule has 0 spiro atoms. The van der Waals surface area contributed by atoms with Gasteiger partial charge in [-0.15, -0.1) is 0 Å². The highest BCUT2D eigenvalue weighted by Crippen LogP contribution is 2.48. The molecule has 21 heavy (non-hydrogen) atoms. The SMILES string of the molecule is CC(=O)[C@@H]1[C@H]2CN(Cc3cc4c(cc32)OCO4)[C@H]1CCO. The number of rotatable bonds is 3. The van der Waals surface area contributed by atoms with E-state index in [9.17, 15) is 9.90 Å². The summed E-state index contributed by atoms with van der Waals surface area (Å²) < 4.78 is 10.9. The van der Waals surface area contributed by atoms with Crippen molar-refractivity contribution in [1.82, 2.24) is 4.90 Å². The lowest BCUT2D eigenvalue weighted by Crippen LogP contribution is -2.35. The Morgan fingerprint density at radius 3 is 2.86 bits per heavy atom. The number of ether oxygens (including phenoxy) is 2. The Bertz CT molecular complexity index is 600. The van der Waals surface area contributed by atoms with E-state index in [1.165, 1.54) is 11.1 Å². The topological polar surface area (TPSA) is 59.0 Å². The fourth-order valence-corrected chi connectivity index (χ4v) is 4.22. The van der Waals surface area contributed by atoms with E-state index in [0.29, 0.717) is 6.42 Å². The first-order valence-electron chi connectivity index (χ1n) is 7.47. The van der Waals surface area contributed by atoms with Crippen molar-refractivity contribution in [3.63, 3.8) is 0 Å². The molecule has 3 aliphatic rings. The van der Waals surface area contributed by atoms with Crippen LogP contribution in [0.15, 0.2) is 12.1 Å². The predicted molar refractivity (Wildman–Crippen MR) is 75.4 cm³/mol. The van der Waals surface area contributed by atoms with Crippen LogP contribution in [0.1, 0.15) is 30.4 Å². The third-order valence-electron chi connectivity index (χ3n) is 5.05. The number of ketones is 1. The predicted octanol–water partition coefficient (Wildman–Crippen LogP) is 1.28. The van der Waals surface area contributed by atoms with Crippen LogP contribution in [0.25, 0.3) is 0 Å². The van der Waals surface area contributed by atoms with Crippen LogP contribution in [0.3, 0.4) is 0 Å². The maximum absolute atomic E-state index is 12.2. The average molecular weight is 289 g/mol. The Labute approximate surface area is 123 Å². The monoisotopic (exact) mass is 289 g/mol. The van der Waals surface area contributed by atoms with E-state index in [4.69, 9.17) is 9.47 Å². The van der Waals surface area contributed by atoms with Gasteiger partial charge < -0.3 is 14.6 Å². The van der Waals surface area contributed by atoms with Crippen molar-refractivity contribution in [3.8, 4) is 11.5 Å². The average Bonchev–Trinajstić information content (AvgIpc) is 3.01. The van der Waals surface area contributed by atoms with Crippen LogP contribution in [0.5, 0.6) is 11.5 Å². The Morgan fingerprint density at radius 2 is 2.14 bits per heavy atom. The van der Waals surface area contributed by atoms with Gasteiger partial charge in [-0.05, 0) is 36.6 Å². The number of carbonyl (C=O) groups is 1. The Balaban J connectivity index is 1.77. The minimum Gasteiger partial charge on any atom is -0.454 e. The quantitative estimate of drug-likeness (QED) is 0.908. The summed E-state index contributed by atoms with van der Waals surface area (Å²) in [6.45, 7) is 3.77. The summed E-state index contributed by atoms with van der Waals surface area (Å²) in [5.74, 6) is 1.98. The first-order chi connectivity index (χ1) is 10.2. The Kier molecular flexibility index (Phi) is 2.94. The minimum absolute atomic E-state index is 0.0289. The van der Waals surface area contributed by atoms with Crippen molar-refractivity contribution in [2.75, 3.05) is 19.9 Å². The molecule has 0 aliphatic carbocycles. The Hall–Kier alpha value is -1.59. The molecule has 0 saturated carbocycles. The third kappa shape index (κ3) is 1.88. The number of hydrogen-bond donors (Lipinski definition) is 1. The molecule has 0 amide bonds. The molecule has 3 heterocycles. The molecule has 5 heteroatoms. The van der Waals surface area contributed by atoms with Crippen LogP contribution in [-0.4, -0.2) is 41.8 Å². The number of Topliss-reactive ketones (excluding diaryl/α,β-unsaturated/α-hetero) is 1. The van der Waals surface area contributed by atoms with E-state index in [1.807, 2.05) is 0 Å². The number of aliphatic hydroxyl groups excluding tert-OH is 1. The molecule has 0 radical (unpaired) electrons. The van der Waals surface area contributed by atoms with Gasteiger partial charge >= 0.3 is 0 Å². The highest BCUT2D eigenvalue weighted by atomic mass is 16.7. The smallest absolute Gasteiger partial charge is 0.231 e. The molecule has 2 bridgehead atoms. The highest BCUT2D eigenvalue weighted by Gasteiger charge is 2.48. The molecule has 4 atom stereocenters. The number of hydrogen-bond acceptors (Lipinski definition) is 5. The molecule has 0 aromatic heterocycles.